The molecule has 0 heterocycles. The first kappa shape index (κ1) is 14.5. The molecule has 0 bridgehead atoms. The van der Waals surface area contributed by atoms with Crippen molar-refractivity contribution in [2.24, 2.45) is 5.73 Å². The molecule has 0 spiro atoms. The average molecular weight is 248 g/mol. The molecule has 0 saturated carbocycles. The van der Waals surface area contributed by atoms with Crippen LogP contribution in [-0.2, 0) is 9.53 Å². The number of hydrogen-bond acceptors (Lipinski definition) is 3. The number of ether oxygens (including phenoxy) is 1. The molecule has 0 aliphatic heterocycles. The monoisotopic (exact) mass is 247 g/mol. The summed E-state index contributed by atoms with van der Waals surface area (Å²) in [4.78, 5) is 11.0. The summed E-state index contributed by atoms with van der Waals surface area (Å²) in [6.45, 7) is 1.91. The molecular weight excluding hydrogens is 235 g/mol. The van der Waals surface area contributed by atoms with Gasteiger partial charge in [-0.25, -0.2) is 0 Å². The SMILES string of the molecule is CCCCOC(=O)[C@H](Cl)[C@H](N)C(F)(F)F. The lowest BCUT2D eigenvalue weighted by Crippen LogP contribution is -2.48. The number of carbonyl (C=O) groups is 1. The molecule has 0 aliphatic carbocycles. The number of alkyl halides is 4. The van der Waals surface area contributed by atoms with Crippen LogP contribution < -0.4 is 5.73 Å². The highest BCUT2D eigenvalue weighted by Gasteiger charge is 2.44. The van der Waals surface area contributed by atoms with Gasteiger partial charge in [-0.2, -0.15) is 13.2 Å². The summed E-state index contributed by atoms with van der Waals surface area (Å²) in [5.74, 6) is -1.13. The fourth-order valence-electron chi connectivity index (χ4n) is 0.709. The average Bonchev–Trinajstić information content (AvgIpc) is 2.14. The molecule has 0 rings (SSSR count). The molecule has 0 radical (unpaired) electrons. The molecule has 2 N–H and O–H groups in total. The van der Waals surface area contributed by atoms with Crippen LogP contribution in [0.25, 0.3) is 0 Å². The molecule has 0 saturated heterocycles. The Kier molecular flexibility index (Phi) is 5.97. The fraction of sp³-hybridized carbons (Fsp3) is 0.875. The zero-order valence-electron chi connectivity index (χ0n) is 8.18. The molecule has 0 aromatic rings. The van der Waals surface area contributed by atoms with Crippen LogP contribution in [0.5, 0.6) is 0 Å². The van der Waals surface area contributed by atoms with Crippen molar-refractivity contribution in [1.82, 2.24) is 0 Å². The van der Waals surface area contributed by atoms with E-state index in [1.165, 1.54) is 0 Å². The van der Waals surface area contributed by atoms with E-state index in [1.54, 1.807) is 0 Å². The molecule has 7 heteroatoms. The van der Waals surface area contributed by atoms with Gasteiger partial charge in [-0.15, -0.1) is 11.6 Å². The Labute approximate surface area is 90.7 Å². The Balaban J connectivity index is 4.08. The quantitative estimate of drug-likeness (QED) is 0.458. The van der Waals surface area contributed by atoms with Crippen LogP contribution in [0.15, 0.2) is 0 Å². The standard InChI is InChI=1S/C8H13ClF3NO2/c1-2-3-4-15-7(14)5(9)6(13)8(10,11)12/h5-6H,2-4,13H2,1H3/t5-,6+/m1/s1. The lowest BCUT2D eigenvalue weighted by atomic mass is 10.2. The van der Waals surface area contributed by atoms with Crippen molar-refractivity contribution < 1.29 is 22.7 Å². The molecule has 15 heavy (non-hydrogen) atoms. The van der Waals surface area contributed by atoms with Crippen LogP contribution in [0, 0.1) is 0 Å². The summed E-state index contributed by atoms with van der Waals surface area (Å²) in [5, 5.41) is -1.89. The van der Waals surface area contributed by atoms with E-state index < -0.39 is 23.6 Å². The highest BCUT2D eigenvalue weighted by atomic mass is 35.5. The topological polar surface area (TPSA) is 52.3 Å². The fourth-order valence-corrected chi connectivity index (χ4v) is 0.915. The summed E-state index contributed by atoms with van der Waals surface area (Å²) in [6.07, 6.45) is -3.35. The van der Waals surface area contributed by atoms with Crippen LogP contribution in [0.4, 0.5) is 13.2 Å². The first-order valence-electron chi connectivity index (χ1n) is 4.43. The number of nitrogens with two attached hydrogens (primary N) is 1. The third-order valence-electron chi connectivity index (χ3n) is 1.66. The van der Waals surface area contributed by atoms with E-state index in [0.29, 0.717) is 6.42 Å². The molecule has 0 fully saturated rings. The Morgan fingerprint density at radius 1 is 1.53 bits per heavy atom. The lowest BCUT2D eigenvalue weighted by Gasteiger charge is -2.19. The van der Waals surface area contributed by atoms with E-state index in [-0.39, 0.29) is 6.61 Å². The summed E-state index contributed by atoms with van der Waals surface area (Å²) in [7, 11) is 0. The van der Waals surface area contributed by atoms with Gasteiger partial charge in [0.1, 0.15) is 6.04 Å². The normalized spacial score (nSPS) is 15.9. The Bertz CT molecular complexity index is 211. The van der Waals surface area contributed by atoms with Crippen molar-refractivity contribution in [3.63, 3.8) is 0 Å². The van der Waals surface area contributed by atoms with Crippen molar-refractivity contribution >= 4 is 17.6 Å². The Morgan fingerprint density at radius 3 is 2.47 bits per heavy atom. The van der Waals surface area contributed by atoms with Gasteiger partial charge in [0.05, 0.1) is 6.61 Å². The third kappa shape index (κ3) is 5.22. The van der Waals surface area contributed by atoms with Crippen molar-refractivity contribution in [2.45, 2.75) is 37.4 Å². The number of esters is 1. The number of halogens is 4. The Hall–Kier alpha value is -0.490. The minimum atomic E-state index is -4.70. The Morgan fingerprint density at radius 2 is 2.07 bits per heavy atom. The van der Waals surface area contributed by atoms with E-state index in [9.17, 15) is 18.0 Å². The molecule has 0 amide bonds. The molecule has 2 atom stereocenters. The number of unbranched alkanes of at least 4 members (excludes halogenated alkanes) is 1. The van der Waals surface area contributed by atoms with E-state index in [4.69, 9.17) is 17.3 Å². The van der Waals surface area contributed by atoms with E-state index in [0.717, 1.165) is 6.42 Å². The smallest absolute Gasteiger partial charge is 0.405 e. The van der Waals surface area contributed by atoms with Gasteiger partial charge in [0.15, 0.2) is 5.38 Å². The lowest BCUT2D eigenvalue weighted by molar-refractivity contribution is -0.163. The number of rotatable bonds is 5. The van der Waals surface area contributed by atoms with Gasteiger partial charge in [-0.1, -0.05) is 13.3 Å². The predicted octanol–water partition coefficient (Wildman–Crippen LogP) is 1.83. The maximum absolute atomic E-state index is 12.0. The second-order valence-electron chi connectivity index (χ2n) is 2.99. The van der Waals surface area contributed by atoms with Crippen LogP contribution in [0.2, 0.25) is 0 Å². The van der Waals surface area contributed by atoms with Gasteiger partial charge in [0.25, 0.3) is 0 Å². The van der Waals surface area contributed by atoms with E-state index >= 15 is 0 Å². The maximum Gasteiger partial charge on any atom is 0.405 e. The van der Waals surface area contributed by atoms with Crippen molar-refractivity contribution in [3.05, 3.63) is 0 Å². The van der Waals surface area contributed by atoms with Crippen LogP contribution >= 0.6 is 11.6 Å². The van der Waals surface area contributed by atoms with Crippen molar-refractivity contribution in [3.8, 4) is 0 Å². The molecule has 0 aromatic carbocycles. The molecule has 0 aromatic heterocycles. The molecule has 0 aliphatic rings. The zero-order valence-corrected chi connectivity index (χ0v) is 8.94. The van der Waals surface area contributed by atoms with E-state index in [1.807, 2.05) is 6.92 Å². The van der Waals surface area contributed by atoms with Gasteiger partial charge in [0, 0.05) is 0 Å². The second kappa shape index (κ2) is 6.17. The van der Waals surface area contributed by atoms with Crippen molar-refractivity contribution in [1.29, 1.82) is 0 Å². The summed E-state index contributed by atoms with van der Waals surface area (Å²) >= 11 is 5.23. The molecular formula is C8H13ClF3NO2. The van der Waals surface area contributed by atoms with Crippen molar-refractivity contribution in [2.75, 3.05) is 6.61 Å². The van der Waals surface area contributed by atoms with Gasteiger partial charge in [-0.3, -0.25) is 4.79 Å². The number of hydrogen-bond donors (Lipinski definition) is 1. The van der Waals surface area contributed by atoms with Gasteiger partial charge in [0.2, 0.25) is 0 Å². The van der Waals surface area contributed by atoms with Crippen LogP contribution in [0.1, 0.15) is 19.8 Å². The minimum Gasteiger partial charge on any atom is -0.465 e. The highest BCUT2D eigenvalue weighted by Crippen LogP contribution is 2.23. The highest BCUT2D eigenvalue weighted by molar-refractivity contribution is 6.30. The summed E-state index contributed by atoms with van der Waals surface area (Å²) in [6, 6.07) is -2.40. The summed E-state index contributed by atoms with van der Waals surface area (Å²) < 4.78 is 40.6. The maximum atomic E-state index is 12.0. The predicted molar refractivity (Wildman–Crippen MR) is 49.5 cm³/mol. The van der Waals surface area contributed by atoms with Crippen LogP contribution in [-0.4, -0.2) is 30.2 Å². The van der Waals surface area contributed by atoms with Gasteiger partial charge < -0.3 is 10.5 Å². The molecule has 90 valence electrons. The largest absolute Gasteiger partial charge is 0.465 e. The third-order valence-corrected chi connectivity index (χ3v) is 2.11. The molecule has 0 unspecified atom stereocenters. The number of carbonyl (C=O) groups excluding carboxylic acids is 1. The van der Waals surface area contributed by atoms with Gasteiger partial charge >= 0.3 is 12.1 Å². The zero-order chi connectivity index (χ0) is 12.1. The van der Waals surface area contributed by atoms with Crippen LogP contribution in [0.3, 0.4) is 0 Å². The van der Waals surface area contributed by atoms with E-state index in [2.05, 4.69) is 4.74 Å². The van der Waals surface area contributed by atoms with Gasteiger partial charge in [-0.05, 0) is 6.42 Å². The second-order valence-corrected chi connectivity index (χ2v) is 3.46. The summed E-state index contributed by atoms with van der Waals surface area (Å²) in [5.41, 5.74) is 4.74. The molecule has 3 nitrogen and oxygen atoms in total. The first-order chi connectivity index (χ1) is 6.80. The minimum absolute atomic E-state index is 0.0587. The first-order valence-corrected chi connectivity index (χ1v) is 4.87.